The predicted molar refractivity (Wildman–Crippen MR) is 109 cm³/mol. The molecule has 0 saturated carbocycles. The third-order valence-corrected chi connectivity index (χ3v) is 7.26. The minimum Gasteiger partial charge on any atom is -0.399 e. The van der Waals surface area contributed by atoms with Gasteiger partial charge in [-0.25, -0.2) is 4.98 Å². The Kier molecular flexibility index (Phi) is 4.46. The van der Waals surface area contributed by atoms with Crippen LogP contribution in [-0.2, 0) is 19.7 Å². The van der Waals surface area contributed by atoms with Crippen molar-refractivity contribution in [3.8, 4) is 10.4 Å². The fourth-order valence-corrected chi connectivity index (χ4v) is 4.49. The summed E-state index contributed by atoms with van der Waals surface area (Å²) in [6.45, 7) is 8.65. The Bertz CT molecular complexity index is 912. The van der Waals surface area contributed by atoms with E-state index in [0.717, 1.165) is 15.9 Å². The first kappa shape index (κ1) is 19.6. The highest BCUT2D eigenvalue weighted by Crippen LogP contribution is 2.39. The molecule has 0 bridgehead atoms. The van der Waals surface area contributed by atoms with Gasteiger partial charge in [-0.2, -0.15) is 0 Å². The van der Waals surface area contributed by atoms with Gasteiger partial charge in [0.2, 0.25) is 0 Å². The number of benzene rings is 1. The summed E-state index contributed by atoms with van der Waals surface area (Å²) in [7, 11) is 1.26. The summed E-state index contributed by atoms with van der Waals surface area (Å²) in [4.78, 5) is 19.1. The lowest BCUT2D eigenvalue weighted by Gasteiger charge is -2.32. The van der Waals surface area contributed by atoms with Crippen molar-refractivity contribution in [1.29, 1.82) is 0 Å². The van der Waals surface area contributed by atoms with Gasteiger partial charge in [0.25, 0.3) is 5.91 Å². The molecule has 0 spiro atoms. The van der Waals surface area contributed by atoms with Gasteiger partial charge in [-0.3, -0.25) is 4.79 Å². The van der Waals surface area contributed by atoms with Crippen LogP contribution in [0.5, 0.6) is 0 Å². The molecule has 0 aliphatic carbocycles. The molecule has 2 aromatic rings. The van der Waals surface area contributed by atoms with Crippen molar-refractivity contribution in [3.63, 3.8) is 0 Å². The van der Waals surface area contributed by atoms with Gasteiger partial charge in [-0.1, -0.05) is 24.3 Å². The first-order valence-electron chi connectivity index (χ1n) is 9.44. The Morgan fingerprint density at radius 2 is 1.89 bits per heavy atom. The van der Waals surface area contributed by atoms with Gasteiger partial charge in [0.1, 0.15) is 5.01 Å². The highest BCUT2D eigenvalue weighted by molar-refractivity contribution is 7.15. The molecule has 2 aliphatic heterocycles. The fraction of sp³-hybridized carbons (Fsp3) is 0.500. The Labute approximate surface area is 169 Å². The van der Waals surface area contributed by atoms with Crippen molar-refractivity contribution in [2.75, 3.05) is 13.6 Å². The van der Waals surface area contributed by atoms with E-state index < -0.39 is 23.9 Å². The topological polar surface area (TPSA) is 71.9 Å². The molecule has 28 heavy (non-hydrogen) atoms. The summed E-state index contributed by atoms with van der Waals surface area (Å²) in [5.74, 6) is -0.292. The molecule has 6 nitrogen and oxygen atoms in total. The fourth-order valence-electron chi connectivity index (χ4n) is 3.47. The predicted octanol–water partition coefficient (Wildman–Crippen LogP) is 2.16. The molecule has 8 heteroatoms. The van der Waals surface area contributed by atoms with Crippen LogP contribution in [0.25, 0.3) is 10.4 Å². The van der Waals surface area contributed by atoms with Crippen molar-refractivity contribution < 1.29 is 19.2 Å². The second-order valence-corrected chi connectivity index (χ2v) is 9.61. The van der Waals surface area contributed by atoms with Gasteiger partial charge in [-0.05, 0) is 38.7 Å². The van der Waals surface area contributed by atoms with Crippen LogP contribution in [0.3, 0.4) is 0 Å². The monoisotopic (exact) mass is 400 g/mol. The van der Waals surface area contributed by atoms with Gasteiger partial charge in [0.15, 0.2) is 5.60 Å². The number of aromatic nitrogens is 1. The number of hydrogen-bond acceptors (Lipinski definition) is 6. The maximum atomic E-state index is 12.3. The molecular weight excluding hydrogens is 375 g/mol. The smallest absolute Gasteiger partial charge is 0.399 e. The molecule has 2 aliphatic rings. The number of likely N-dealkylation sites (N-methyl/N-ethyl adjacent to an activating group) is 1. The average molecular weight is 400 g/mol. The zero-order valence-corrected chi connectivity index (χ0v) is 17.7. The van der Waals surface area contributed by atoms with Crippen LogP contribution in [-0.4, -0.2) is 52.8 Å². The van der Waals surface area contributed by atoms with Gasteiger partial charge < -0.3 is 19.3 Å². The minimum atomic E-state index is -1.51. The molecule has 1 aromatic heterocycles. The number of rotatable bonds is 3. The second-order valence-electron chi connectivity index (χ2n) is 8.58. The summed E-state index contributed by atoms with van der Waals surface area (Å²) < 4.78 is 12.3. The van der Waals surface area contributed by atoms with E-state index in [-0.39, 0.29) is 5.91 Å². The van der Waals surface area contributed by atoms with Gasteiger partial charge in [0.05, 0.1) is 16.1 Å². The van der Waals surface area contributed by atoms with E-state index in [1.54, 1.807) is 18.1 Å². The standard InChI is InChI=1S/C20H25BN2O4S/c1-18(2)19(3,4)27-21(26-18)14-8-6-7-13(11-14)15-12-22-16(28-15)20(25)9-10-23(5)17(20)24/h6-8,11-12,25H,9-10H2,1-5H3. The molecular formula is C20H25BN2O4S. The highest BCUT2D eigenvalue weighted by Gasteiger charge is 2.52. The molecule has 1 unspecified atom stereocenters. The number of aliphatic hydroxyl groups is 1. The molecule has 1 aromatic carbocycles. The number of carbonyl (C=O) groups is 1. The van der Waals surface area contributed by atoms with Gasteiger partial charge >= 0.3 is 7.12 Å². The summed E-state index contributed by atoms with van der Waals surface area (Å²) in [5, 5.41) is 11.3. The Hall–Kier alpha value is -1.74. The van der Waals surface area contributed by atoms with Crippen LogP contribution >= 0.6 is 11.3 Å². The normalized spacial score (nSPS) is 26.3. The highest BCUT2D eigenvalue weighted by atomic mass is 32.1. The van der Waals surface area contributed by atoms with Crippen molar-refractivity contribution in [1.82, 2.24) is 9.88 Å². The van der Waals surface area contributed by atoms with E-state index in [1.165, 1.54) is 11.3 Å². The lowest BCUT2D eigenvalue weighted by Crippen LogP contribution is -2.41. The lowest BCUT2D eigenvalue weighted by molar-refractivity contribution is -0.143. The largest absolute Gasteiger partial charge is 0.494 e. The van der Waals surface area contributed by atoms with Crippen LogP contribution < -0.4 is 5.46 Å². The molecule has 0 radical (unpaired) electrons. The third-order valence-electron chi connectivity index (χ3n) is 6.07. The summed E-state index contributed by atoms with van der Waals surface area (Å²) >= 11 is 1.35. The van der Waals surface area contributed by atoms with Gasteiger partial charge in [0, 0.05) is 26.2 Å². The van der Waals surface area contributed by atoms with Crippen molar-refractivity contribution in [2.45, 2.75) is 50.9 Å². The maximum Gasteiger partial charge on any atom is 0.494 e. The zero-order valence-electron chi connectivity index (χ0n) is 16.9. The second kappa shape index (κ2) is 6.39. The minimum absolute atomic E-state index is 0.292. The van der Waals surface area contributed by atoms with Crippen molar-refractivity contribution >= 4 is 29.8 Å². The molecule has 1 amide bonds. The molecule has 1 atom stereocenters. The SMILES string of the molecule is CN1CCC(O)(c2ncc(-c3cccc(B4OC(C)(C)C(C)(C)O4)c3)s2)C1=O. The van der Waals surface area contributed by atoms with E-state index in [4.69, 9.17) is 9.31 Å². The molecule has 148 valence electrons. The third kappa shape index (κ3) is 2.99. The Balaban J connectivity index is 1.62. The van der Waals surface area contributed by atoms with Crippen LogP contribution in [0.4, 0.5) is 0 Å². The summed E-state index contributed by atoms with van der Waals surface area (Å²) in [5.41, 5.74) is -0.423. The maximum absolute atomic E-state index is 12.3. The number of hydrogen-bond donors (Lipinski definition) is 1. The quantitative estimate of drug-likeness (QED) is 0.800. The lowest BCUT2D eigenvalue weighted by atomic mass is 9.78. The van der Waals surface area contributed by atoms with Crippen LogP contribution in [0.15, 0.2) is 30.5 Å². The van der Waals surface area contributed by atoms with E-state index in [2.05, 4.69) is 4.98 Å². The number of nitrogens with zero attached hydrogens (tertiary/aromatic N) is 2. The number of carbonyl (C=O) groups excluding carboxylic acids is 1. The molecule has 3 heterocycles. The first-order valence-corrected chi connectivity index (χ1v) is 10.3. The average Bonchev–Trinajstić information content (AvgIpc) is 3.29. The Morgan fingerprint density at radius 3 is 2.50 bits per heavy atom. The molecule has 2 fully saturated rings. The van der Waals surface area contributed by atoms with Crippen LogP contribution in [0.1, 0.15) is 39.1 Å². The van der Waals surface area contributed by atoms with E-state index in [1.807, 2.05) is 52.0 Å². The number of thiazole rings is 1. The van der Waals surface area contributed by atoms with E-state index in [9.17, 15) is 9.90 Å². The van der Waals surface area contributed by atoms with Crippen molar-refractivity contribution in [3.05, 3.63) is 35.5 Å². The zero-order chi connectivity index (χ0) is 20.3. The van der Waals surface area contributed by atoms with Crippen LogP contribution in [0.2, 0.25) is 0 Å². The summed E-state index contributed by atoms with van der Waals surface area (Å²) in [6.07, 6.45) is 2.08. The van der Waals surface area contributed by atoms with Crippen molar-refractivity contribution in [2.24, 2.45) is 0 Å². The Morgan fingerprint density at radius 1 is 1.21 bits per heavy atom. The van der Waals surface area contributed by atoms with Crippen LogP contribution in [0, 0.1) is 0 Å². The number of likely N-dealkylation sites (tertiary alicyclic amines) is 1. The summed E-state index contributed by atoms with van der Waals surface area (Å²) in [6, 6.07) is 7.94. The molecule has 4 rings (SSSR count). The van der Waals surface area contributed by atoms with E-state index >= 15 is 0 Å². The molecule has 1 N–H and O–H groups in total. The van der Waals surface area contributed by atoms with Gasteiger partial charge in [-0.15, -0.1) is 11.3 Å². The van der Waals surface area contributed by atoms with E-state index in [0.29, 0.717) is 18.0 Å². The number of amides is 1. The molecule has 2 saturated heterocycles. The first-order chi connectivity index (χ1) is 13.0.